The highest BCUT2D eigenvalue weighted by atomic mass is 16.9. The summed E-state index contributed by atoms with van der Waals surface area (Å²) in [7, 11) is 0. The van der Waals surface area contributed by atoms with Crippen LogP contribution in [0.15, 0.2) is 30.3 Å². The van der Waals surface area contributed by atoms with Crippen LogP contribution in [0.5, 0.6) is 5.75 Å². The van der Waals surface area contributed by atoms with Crippen molar-refractivity contribution in [2.45, 2.75) is 6.92 Å². The largest absolute Gasteiger partial charge is 0.383 e. The summed E-state index contributed by atoms with van der Waals surface area (Å²) >= 11 is 0. The monoisotopic (exact) mass is 153 g/mol. The molecule has 0 aliphatic rings. The predicted octanol–water partition coefficient (Wildman–Crippen LogP) is 1.52. The normalized spacial score (nSPS) is 9.55. The zero-order valence-electron chi connectivity index (χ0n) is 6.41. The van der Waals surface area contributed by atoms with E-state index in [1.54, 1.807) is 0 Å². The van der Waals surface area contributed by atoms with Gasteiger partial charge in [-0.3, -0.25) is 4.84 Å². The van der Waals surface area contributed by atoms with Gasteiger partial charge in [0.2, 0.25) is 0 Å². The molecule has 1 aromatic rings. The zero-order valence-corrected chi connectivity index (χ0v) is 6.41. The molecule has 11 heavy (non-hydrogen) atoms. The van der Waals surface area contributed by atoms with Gasteiger partial charge in [0.15, 0.2) is 0 Å². The van der Waals surface area contributed by atoms with Crippen molar-refractivity contribution in [1.82, 2.24) is 5.64 Å². The molecule has 0 fully saturated rings. The number of hydrogen-bond donors (Lipinski definition) is 1. The van der Waals surface area contributed by atoms with E-state index in [0.29, 0.717) is 6.61 Å². The van der Waals surface area contributed by atoms with E-state index in [9.17, 15) is 0 Å². The van der Waals surface area contributed by atoms with Crippen molar-refractivity contribution in [1.29, 1.82) is 0 Å². The van der Waals surface area contributed by atoms with Gasteiger partial charge in [-0.05, 0) is 24.7 Å². The Labute approximate surface area is 65.8 Å². The Kier molecular flexibility index (Phi) is 3.44. The summed E-state index contributed by atoms with van der Waals surface area (Å²) in [5.41, 5.74) is 2.35. The molecule has 3 nitrogen and oxygen atoms in total. The van der Waals surface area contributed by atoms with Crippen molar-refractivity contribution in [3.8, 4) is 5.75 Å². The fraction of sp³-hybridized carbons (Fsp3) is 0.250. The first-order chi connectivity index (χ1) is 5.43. The minimum Gasteiger partial charge on any atom is -0.383 e. The van der Waals surface area contributed by atoms with Crippen molar-refractivity contribution in [3.63, 3.8) is 0 Å². The number of benzene rings is 1. The van der Waals surface area contributed by atoms with E-state index in [-0.39, 0.29) is 0 Å². The fourth-order valence-corrected chi connectivity index (χ4v) is 0.625. The lowest BCUT2D eigenvalue weighted by Crippen LogP contribution is -2.18. The van der Waals surface area contributed by atoms with Crippen molar-refractivity contribution < 1.29 is 9.68 Å². The Morgan fingerprint density at radius 2 is 2.00 bits per heavy atom. The van der Waals surface area contributed by atoms with Gasteiger partial charge >= 0.3 is 0 Å². The molecule has 0 bridgehead atoms. The Morgan fingerprint density at radius 3 is 2.64 bits per heavy atom. The van der Waals surface area contributed by atoms with Gasteiger partial charge in [0.05, 0.1) is 6.61 Å². The number of rotatable bonds is 4. The Bertz CT molecular complexity index is 189. The summed E-state index contributed by atoms with van der Waals surface area (Å²) < 4.78 is 0. The zero-order chi connectivity index (χ0) is 7.94. The number of nitrogens with one attached hydrogen (secondary N) is 1. The van der Waals surface area contributed by atoms with Crippen molar-refractivity contribution in [2.75, 3.05) is 6.61 Å². The van der Waals surface area contributed by atoms with Crippen molar-refractivity contribution >= 4 is 0 Å². The summed E-state index contributed by atoms with van der Waals surface area (Å²) in [4.78, 5) is 9.74. The van der Waals surface area contributed by atoms with E-state index < -0.39 is 0 Å². The molecule has 3 heteroatoms. The molecule has 0 aliphatic heterocycles. The Hall–Kier alpha value is -1.06. The van der Waals surface area contributed by atoms with Gasteiger partial charge in [0.25, 0.3) is 0 Å². The third kappa shape index (κ3) is 3.02. The van der Waals surface area contributed by atoms with Crippen LogP contribution in [0.3, 0.4) is 0 Å². The predicted molar refractivity (Wildman–Crippen MR) is 41.8 cm³/mol. The van der Waals surface area contributed by atoms with Gasteiger partial charge in [0, 0.05) is 0 Å². The van der Waals surface area contributed by atoms with Gasteiger partial charge in [-0.1, -0.05) is 18.2 Å². The minimum absolute atomic E-state index is 0.576. The molecule has 0 atom stereocenters. The molecule has 0 aromatic heterocycles. The van der Waals surface area contributed by atoms with Gasteiger partial charge in [-0.15, -0.1) is 0 Å². The van der Waals surface area contributed by atoms with Gasteiger partial charge < -0.3 is 4.84 Å². The molecule has 0 heterocycles. The van der Waals surface area contributed by atoms with Crippen LogP contribution in [0.25, 0.3) is 0 Å². The first kappa shape index (κ1) is 8.04. The van der Waals surface area contributed by atoms with Crippen LogP contribution < -0.4 is 10.5 Å². The van der Waals surface area contributed by atoms with E-state index in [2.05, 4.69) is 5.64 Å². The quantitative estimate of drug-likeness (QED) is 0.525. The van der Waals surface area contributed by atoms with E-state index >= 15 is 0 Å². The van der Waals surface area contributed by atoms with E-state index in [0.717, 1.165) is 5.75 Å². The molecule has 0 amide bonds. The average Bonchev–Trinajstić information content (AvgIpc) is 2.07. The second kappa shape index (κ2) is 4.71. The van der Waals surface area contributed by atoms with Crippen LogP contribution in [0.2, 0.25) is 0 Å². The summed E-state index contributed by atoms with van der Waals surface area (Å²) in [6.07, 6.45) is 0. The van der Waals surface area contributed by atoms with E-state index in [4.69, 9.17) is 9.68 Å². The molecule has 1 N–H and O–H groups in total. The highest BCUT2D eigenvalue weighted by molar-refractivity contribution is 5.20. The van der Waals surface area contributed by atoms with Crippen LogP contribution >= 0.6 is 0 Å². The van der Waals surface area contributed by atoms with Crippen LogP contribution in [-0.4, -0.2) is 6.61 Å². The van der Waals surface area contributed by atoms with Crippen LogP contribution in [-0.2, 0) is 4.84 Å². The van der Waals surface area contributed by atoms with Crippen LogP contribution in [0.1, 0.15) is 6.92 Å². The third-order valence-corrected chi connectivity index (χ3v) is 1.11. The lowest BCUT2D eigenvalue weighted by Gasteiger charge is -2.04. The third-order valence-electron chi connectivity index (χ3n) is 1.11. The maximum absolute atomic E-state index is 4.97. The van der Waals surface area contributed by atoms with Gasteiger partial charge in [-0.25, -0.2) is 0 Å². The fourth-order valence-electron chi connectivity index (χ4n) is 0.625. The summed E-state index contributed by atoms with van der Waals surface area (Å²) in [5, 5.41) is 0. The smallest absolute Gasteiger partial charge is 0.150 e. The molecule has 1 aromatic carbocycles. The molecular weight excluding hydrogens is 142 g/mol. The van der Waals surface area contributed by atoms with Gasteiger partial charge in [-0.2, -0.15) is 0 Å². The van der Waals surface area contributed by atoms with E-state index in [1.165, 1.54) is 0 Å². The maximum Gasteiger partial charge on any atom is 0.150 e. The van der Waals surface area contributed by atoms with Crippen molar-refractivity contribution in [2.24, 2.45) is 0 Å². The number of para-hydroxylation sites is 1. The molecule has 60 valence electrons. The molecule has 0 saturated heterocycles. The maximum atomic E-state index is 4.97. The molecule has 0 radical (unpaired) electrons. The first-order valence-corrected chi connectivity index (χ1v) is 3.52. The lowest BCUT2D eigenvalue weighted by atomic mass is 10.3. The van der Waals surface area contributed by atoms with Crippen LogP contribution in [0, 0.1) is 0 Å². The topological polar surface area (TPSA) is 30.5 Å². The Morgan fingerprint density at radius 1 is 1.27 bits per heavy atom. The highest BCUT2D eigenvalue weighted by Gasteiger charge is 1.87. The summed E-state index contributed by atoms with van der Waals surface area (Å²) in [6.45, 7) is 2.45. The standard InChI is InChI=1S/C8H11NO2/c1-2-10-9-11-8-6-4-3-5-7-8/h3-7,9H,2H2,1H3. The Balaban J connectivity index is 2.28. The SMILES string of the molecule is CCONOc1ccccc1. The lowest BCUT2D eigenvalue weighted by molar-refractivity contribution is -0.102. The molecule has 0 spiro atoms. The molecule has 0 saturated carbocycles. The second-order valence-electron chi connectivity index (χ2n) is 1.93. The number of hydrogen-bond acceptors (Lipinski definition) is 3. The summed E-state index contributed by atoms with van der Waals surface area (Å²) in [6, 6.07) is 9.39. The van der Waals surface area contributed by atoms with E-state index in [1.807, 2.05) is 37.3 Å². The minimum atomic E-state index is 0.576. The molecule has 1 rings (SSSR count). The second-order valence-corrected chi connectivity index (χ2v) is 1.93. The van der Waals surface area contributed by atoms with Crippen LogP contribution in [0.4, 0.5) is 0 Å². The average molecular weight is 153 g/mol. The first-order valence-electron chi connectivity index (χ1n) is 3.52. The molecule has 0 aliphatic carbocycles. The highest BCUT2D eigenvalue weighted by Crippen LogP contribution is 2.05. The molecular formula is C8H11NO2. The van der Waals surface area contributed by atoms with Crippen molar-refractivity contribution in [3.05, 3.63) is 30.3 Å². The summed E-state index contributed by atoms with van der Waals surface area (Å²) in [5.74, 6) is 0.737. The molecule has 0 unspecified atom stereocenters. The van der Waals surface area contributed by atoms with Gasteiger partial charge in [0.1, 0.15) is 5.75 Å².